The van der Waals surface area contributed by atoms with Gasteiger partial charge in [-0.25, -0.2) is 0 Å². The van der Waals surface area contributed by atoms with Crippen molar-refractivity contribution >= 4 is 29.0 Å². The fraction of sp³-hybridized carbons (Fsp3) is 0.300. The van der Waals surface area contributed by atoms with Gasteiger partial charge in [-0.3, -0.25) is 9.59 Å². The summed E-state index contributed by atoms with van der Waals surface area (Å²) in [5, 5.41) is 3.29. The van der Waals surface area contributed by atoms with Gasteiger partial charge in [0, 0.05) is 16.7 Å². The first-order chi connectivity index (χ1) is 11.7. The number of nitrogens with one attached hydrogen (secondary N) is 1. The van der Waals surface area contributed by atoms with Crippen molar-refractivity contribution in [1.82, 2.24) is 0 Å². The molecule has 0 fully saturated rings. The van der Waals surface area contributed by atoms with Crippen LogP contribution in [0.15, 0.2) is 48.5 Å². The molecule has 25 heavy (non-hydrogen) atoms. The minimum absolute atomic E-state index is 0.0815. The largest absolute Gasteiger partial charge is 0.481 e. The molecule has 1 N–H and O–H groups in total. The van der Waals surface area contributed by atoms with Crippen LogP contribution in [-0.4, -0.2) is 17.8 Å². The highest BCUT2D eigenvalue weighted by molar-refractivity contribution is 6.32. The van der Waals surface area contributed by atoms with Gasteiger partial charge < -0.3 is 10.1 Å². The Balaban J connectivity index is 2.05. The smallest absolute Gasteiger partial charge is 0.229 e. The van der Waals surface area contributed by atoms with E-state index in [0.29, 0.717) is 22.0 Å². The molecule has 0 heterocycles. The summed E-state index contributed by atoms with van der Waals surface area (Å²) in [7, 11) is 0. The number of hydrogen-bond donors (Lipinski definition) is 1. The summed E-state index contributed by atoms with van der Waals surface area (Å²) in [6, 6.07) is 13.8. The first-order valence-corrected chi connectivity index (χ1v) is 8.43. The van der Waals surface area contributed by atoms with Crippen molar-refractivity contribution in [3.63, 3.8) is 0 Å². The normalized spacial score (nSPS) is 12.4. The third kappa shape index (κ3) is 5.07. The SMILES string of the molecule is C[C@H](Oc1ccccc1Cl)C(=O)c1ccc(NC(=O)C(C)(C)C)cc1. The summed E-state index contributed by atoms with van der Waals surface area (Å²) < 4.78 is 5.65. The van der Waals surface area contributed by atoms with Gasteiger partial charge in [0.2, 0.25) is 11.7 Å². The molecule has 0 saturated heterocycles. The summed E-state index contributed by atoms with van der Waals surface area (Å²) in [6.45, 7) is 7.21. The van der Waals surface area contributed by atoms with Gasteiger partial charge in [0.1, 0.15) is 5.75 Å². The van der Waals surface area contributed by atoms with Gasteiger partial charge in [-0.05, 0) is 43.3 Å². The molecule has 0 aliphatic heterocycles. The summed E-state index contributed by atoms with van der Waals surface area (Å²) in [4.78, 5) is 24.5. The van der Waals surface area contributed by atoms with E-state index in [2.05, 4.69) is 5.32 Å². The number of carbonyl (C=O) groups excluding carboxylic acids is 2. The Morgan fingerprint density at radius 2 is 1.64 bits per heavy atom. The molecule has 0 aliphatic rings. The maximum absolute atomic E-state index is 12.5. The molecule has 5 heteroatoms. The van der Waals surface area contributed by atoms with E-state index in [-0.39, 0.29) is 11.7 Å². The van der Waals surface area contributed by atoms with Crippen LogP contribution in [-0.2, 0) is 4.79 Å². The monoisotopic (exact) mass is 359 g/mol. The topological polar surface area (TPSA) is 55.4 Å². The van der Waals surface area contributed by atoms with Gasteiger partial charge in [-0.15, -0.1) is 0 Å². The van der Waals surface area contributed by atoms with Gasteiger partial charge in [-0.1, -0.05) is 44.5 Å². The zero-order chi connectivity index (χ0) is 18.6. The molecule has 132 valence electrons. The average molecular weight is 360 g/mol. The van der Waals surface area contributed by atoms with Crippen molar-refractivity contribution < 1.29 is 14.3 Å². The highest BCUT2D eigenvalue weighted by atomic mass is 35.5. The third-order valence-electron chi connectivity index (χ3n) is 3.62. The van der Waals surface area contributed by atoms with Crippen molar-refractivity contribution in [3.05, 3.63) is 59.1 Å². The molecule has 0 saturated carbocycles. The molecule has 0 unspecified atom stereocenters. The van der Waals surface area contributed by atoms with E-state index in [4.69, 9.17) is 16.3 Å². The molecule has 1 amide bonds. The van der Waals surface area contributed by atoms with Crippen LogP contribution in [0, 0.1) is 5.41 Å². The van der Waals surface area contributed by atoms with E-state index in [1.54, 1.807) is 55.5 Å². The maximum atomic E-state index is 12.5. The Bertz CT molecular complexity index is 763. The number of Topliss-reactive ketones (excluding diaryl/α,β-unsaturated/α-hetero) is 1. The van der Waals surface area contributed by atoms with Crippen LogP contribution in [0.25, 0.3) is 0 Å². The lowest BCUT2D eigenvalue weighted by atomic mass is 9.95. The molecule has 2 aromatic carbocycles. The summed E-state index contributed by atoms with van der Waals surface area (Å²) in [6.07, 6.45) is -0.671. The lowest BCUT2D eigenvalue weighted by molar-refractivity contribution is -0.123. The second-order valence-corrected chi connectivity index (χ2v) is 7.24. The standard InChI is InChI=1S/C20H22ClNO3/c1-13(25-17-8-6-5-7-16(17)21)18(23)14-9-11-15(12-10-14)22-19(24)20(2,3)4/h5-13H,1-4H3,(H,22,24)/t13-/m0/s1. The van der Waals surface area contributed by atoms with Crippen LogP contribution in [0.1, 0.15) is 38.1 Å². The zero-order valence-corrected chi connectivity index (χ0v) is 15.6. The van der Waals surface area contributed by atoms with Gasteiger partial charge in [-0.2, -0.15) is 0 Å². The number of amides is 1. The molecule has 4 nitrogen and oxygen atoms in total. The van der Waals surface area contributed by atoms with E-state index in [9.17, 15) is 9.59 Å². The van der Waals surface area contributed by atoms with Crippen LogP contribution in [0.2, 0.25) is 5.02 Å². The predicted molar refractivity (Wildman–Crippen MR) is 100 cm³/mol. The minimum atomic E-state index is -0.671. The number of anilines is 1. The average Bonchev–Trinajstić information content (AvgIpc) is 2.56. The first-order valence-electron chi connectivity index (χ1n) is 8.05. The van der Waals surface area contributed by atoms with Crippen molar-refractivity contribution in [1.29, 1.82) is 0 Å². The lowest BCUT2D eigenvalue weighted by Crippen LogP contribution is -2.27. The van der Waals surface area contributed by atoms with E-state index < -0.39 is 11.5 Å². The molecular formula is C20H22ClNO3. The van der Waals surface area contributed by atoms with Crippen LogP contribution in [0.3, 0.4) is 0 Å². The van der Waals surface area contributed by atoms with Crippen molar-refractivity contribution in [2.75, 3.05) is 5.32 Å². The quantitative estimate of drug-likeness (QED) is 0.766. The molecular weight excluding hydrogens is 338 g/mol. The predicted octanol–water partition coefficient (Wildman–Crippen LogP) is 4.97. The molecule has 2 rings (SSSR count). The first kappa shape index (κ1) is 19.0. The second kappa shape index (κ2) is 7.70. The molecule has 1 atom stereocenters. The number of carbonyl (C=O) groups is 2. The number of hydrogen-bond acceptors (Lipinski definition) is 3. The van der Waals surface area contributed by atoms with Crippen LogP contribution >= 0.6 is 11.6 Å². The van der Waals surface area contributed by atoms with Gasteiger partial charge in [0.25, 0.3) is 0 Å². The number of ketones is 1. The molecule has 0 spiro atoms. The Kier molecular flexibility index (Phi) is 5.85. The van der Waals surface area contributed by atoms with Crippen molar-refractivity contribution in [2.24, 2.45) is 5.41 Å². The second-order valence-electron chi connectivity index (χ2n) is 6.84. The minimum Gasteiger partial charge on any atom is -0.481 e. The van der Waals surface area contributed by atoms with Gasteiger partial charge in [0.15, 0.2) is 6.10 Å². The summed E-state index contributed by atoms with van der Waals surface area (Å²) in [5.74, 6) is 0.231. The fourth-order valence-electron chi connectivity index (χ4n) is 2.06. The highest BCUT2D eigenvalue weighted by Crippen LogP contribution is 2.25. The van der Waals surface area contributed by atoms with Crippen molar-refractivity contribution in [2.45, 2.75) is 33.8 Å². The molecule has 0 aromatic heterocycles. The molecule has 0 radical (unpaired) electrons. The Morgan fingerprint density at radius 3 is 2.20 bits per heavy atom. The Hall–Kier alpha value is -2.33. The number of benzene rings is 2. The van der Waals surface area contributed by atoms with E-state index in [1.165, 1.54) is 0 Å². The maximum Gasteiger partial charge on any atom is 0.229 e. The number of rotatable bonds is 5. The Morgan fingerprint density at radius 1 is 1.04 bits per heavy atom. The molecule has 2 aromatic rings. The molecule has 0 aliphatic carbocycles. The van der Waals surface area contributed by atoms with E-state index in [1.807, 2.05) is 20.8 Å². The fourth-order valence-corrected chi connectivity index (χ4v) is 2.24. The third-order valence-corrected chi connectivity index (χ3v) is 3.93. The van der Waals surface area contributed by atoms with E-state index in [0.717, 1.165) is 0 Å². The summed E-state index contributed by atoms with van der Waals surface area (Å²) >= 11 is 6.05. The number of para-hydroxylation sites is 1. The Labute approximate surface area is 153 Å². The number of halogens is 1. The van der Waals surface area contributed by atoms with E-state index >= 15 is 0 Å². The van der Waals surface area contributed by atoms with Crippen LogP contribution < -0.4 is 10.1 Å². The molecule has 0 bridgehead atoms. The van der Waals surface area contributed by atoms with Gasteiger partial charge >= 0.3 is 0 Å². The van der Waals surface area contributed by atoms with Crippen molar-refractivity contribution in [3.8, 4) is 5.75 Å². The van der Waals surface area contributed by atoms with Crippen LogP contribution in [0.4, 0.5) is 5.69 Å². The van der Waals surface area contributed by atoms with Gasteiger partial charge in [0.05, 0.1) is 5.02 Å². The lowest BCUT2D eigenvalue weighted by Gasteiger charge is -2.18. The zero-order valence-electron chi connectivity index (χ0n) is 14.8. The summed E-state index contributed by atoms with van der Waals surface area (Å²) in [5.41, 5.74) is 0.677. The number of ether oxygens (including phenoxy) is 1. The highest BCUT2D eigenvalue weighted by Gasteiger charge is 2.22. The van der Waals surface area contributed by atoms with Crippen LogP contribution in [0.5, 0.6) is 5.75 Å².